The molecule has 0 saturated heterocycles. The maximum atomic E-state index is 12.5. The number of carbonyl (C=O) groups is 1. The maximum absolute atomic E-state index is 12.5. The number of carbonyl (C=O) groups excluding carboxylic acids is 1. The van der Waals surface area contributed by atoms with Gasteiger partial charge in [0.2, 0.25) is 11.1 Å². The molecule has 0 aliphatic rings. The van der Waals surface area contributed by atoms with Crippen molar-refractivity contribution < 1.29 is 4.79 Å². The summed E-state index contributed by atoms with van der Waals surface area (Å²) < 4.78 is 1.63. The standard InChI is InChI=1S/C16H16N6OS/c1-2-14(15(23)18-12-8-10-17-11-9-12)24-16-19-20-21-22(16)13-6-4-3-5-7-13/h3-11,14H,2H2,1H3,(H,17,18,23). The van der Waals surface area contributed by atoms with Crippen molar-refractivity contribution in [1.29, 1.82) is 0 Å². The van der Waals surface area contributed by atoms with E-state index in [9.17, 15) is 4.79 Å². The average molecular weight is 340 g/mol. The van der Waals surface area contributed by atoms with Crippen LogP contribution in [0.3, 0.4) is 0 Å². The number of para-hydroxylation sites is 1. The van der Waals surface area contributed by atoms with Crippen LogP contribution in [0.25, 0.3) is 5.69 Å². The molecule has 0 bridgehead atoms. The molecule has 2 heterocycles. The molecule has 3 rings (SSSR count). The Bertz CT molecular complexity index is 793. The molecule has 0 saturated carbocycles. The van der Waals surface area contributed by atoms with Crippen molar-refractivity contribution >= 4 is 23.4 Å². The van der Waals surface area contributed by atoms with Gasteiger partial charge >= 0.3 is 0 Å². The molecule has 8 heteroatoms. The van der Waals surface area contributed by atoms with Crippen LogP contribution in [0.1, 0.15) is 13.3 Å². The van der Waals surface area contributed by atoms with E-state index in [1.165, 1.54) is 11.8 Å². The summed E-state index contributed by atoms with van der Waals surface area (Å²) in [6, 6.07) is 13.1. The second kappa shape index (κ2) is 7.69. The SMILES string of the molecule is CCC(Sc1nnnn1-c1ccccc1)C(=O)Nc1ccncc1. The van der Waals surface area contributed by atoms with Crippen LogP contribution in [0.4, 0.5) is 5.69 Å². The number of aromatic nitrogens is 5. The fraction of sp³-hybridized carbons (Fsp3) is 0.188. The van der Waals surface area contributed by atoms with Crippen molar-refractivity contribution in [3.05, 3.63) is 54.9 Å². The highest BCUT2D eigenvalue weighted by molar-refractivity contribution is 8.00. The van der Waals surface area contributed by atoms with Gasteiger partial charge in [0, 0.05) is 18.1 Å². The lowest BCUT2D eigenvalue weighted by Gasteiger charge is -2.14. The largest absolute Gasteiger partial charge is 0.325 e. The van der Waals surface area contributed by atoms with Gasteiger partial charge in [0.25, 0.3) is 0 Å². The van der Waals surface area contributed by atoms with Crippen molar-refractivity contribution in [1.82, 2.24) is 25.2 Å². The number of nitrogens with zero attached hydrogens (tertiary/aromatic N) is 5. The molecule has 0 radical (unpaired) electrons. The Morgan fingerprint density at radius 2 is 1.96 bits per heavy atom. The number of amides is 1. The van der Waals surface area contributed by atoms with E-state index in [0.29, 0.717) is 11.6 Å². The second-order valence-electron chi connectivity index (χ2n) is 4.95. The van der Waals surface area contributed by atoms with E-state index in [2.05, 4.69) is 25.8 Å². The Morgan fingerprint density at radius 1 is 1.21 bits per heavy atom. The van der Waals surface area contributed by atoms with Gasteiger partial charge in [-0.1, -0.05) is 36.9 Å². The zero-order valence-corrected chi connectivity index (χ0v) is 13.8. The van der Waals surface area contributed by atoms with Gasteiger partial charge in [0.15, 0.2) is 0 Å². The summed E-state index contributed by atoms with van der Waals surface area (Å²) in [5.41, 5.74) is 1.58. The quantitative estimate of drug-likeness (QED) is 0.694. The van der Waals surface area contributed by atoms with Crippen molar-refractivity contribution in [3.63, 3.8) is 0 Å². The van der Waals surface area contributed by atoms with Crippen LogP contribution < -0.4 is 5.32 Å². The van der Waals surface area contributed by atoms with Crippen molar-refractivity contribution in [2.75, 3.05) is 5.32 Å². The first-order valence-corrected chi connectivity index (χ1v) is 8.37. The highest BCUT2D eigenvalue weighted by Gasteiger charge is 2.22. The Hall–Kier alpha value is -2.74. The lowest BCUT2D eigenvalue weighted by molar-refractivity contribution is -0.115. The highest BCUT2D eigenvalue weighted by atomic mass is 32.2. The molecular formula is C16H16N6OS. The molecule has 1 unspecified atom stereocenters. The average Bonchev–Trinajstić information content (AvgIpc) is 3.09. The molecule has 3 aromatic rings. The monoisotopic (exact) mass is 340 g/mol. The lowest BCUT2D eigenvalue weighted by atomic mass is 10.3. The molecule has 1 amide bonds. The number of anilines is 1. The lowest BCUT2D eigenvalue weighted by Crippen LogP contribution is -2.25. The molecule has 2 aromatic heterocycles. The number of pyridine rings is 1. The topological polar surface area (TPSA) is 85.6 Å². The number of rotatable bonds is 6. The molecule has 0 spiro atoms. The molecule has 1 atom stereocenters. The number of nitrogens with one attached hydrogen (secondary N) is 1. The first kappa shape index (κ1) is 16.1. The van der Waals surface area contributed by atoms with E-state index in [1.54, 1.807) is 29.2 Å². The predicted octanol–water partition coefficient (Wildman–Crippen LogP) is 2.57. The predicted molar refractivity (Wildman–Crippen MR) is 92.0 cm³/mol. The van der Waals surface area contributed by atoms with Crippen LogP contribution in [0, 0.1) is 0 Å². The molecule has 0 fully saturated rings. The molecule has 0 aliphatic heterocycles. The van der Waals surface area contributed by atoms with Gasteiger partial charge in [-0.25, -0.2) is 0 Å². The molecule has 122 valence electrons. The van der Waals surface area contributed by atoms with Crippen molar-refractivity contribution in [2.45, 2.75) is 23.8 Å². The molecule has 24 heavy (non-hydrogen) atoms. The fourth-order valence-corrected chi connectivity index (χ4v) is 3.00. The van der Waals surface area contributed by atoms with Gasteiger partial charge in [-0.3, -0.25) is 9.78 Å². The number of benzene rings is 1. The Balaban J connectivity index is 1.74. The van der Waals surface area contributed by atoms with Crippen molar-refractivity contribution in [3.8, 4) is 5.69 Å². The van der Waals surface area contributed by atoms with E-state index in [0.717, 1.165) is 11.4 Å². The Labute approximate surface area is 143 Å². The van der Waals surface area contributed by atoms with Gasteiger partial charge in [0.05, 0.1) is 10.9 Å². The number of thioether (sulfide) groups is 1. The van der Waals surface area contributed by atoms with Crippen LogP contribution in [-0.4, -0.2) is 36.3 Å². The third-order valence-electron chi connectivity index (χ3n) is 3.30. The van der Waals surface area contributed by atoms with Crippen LogP contribution in [0.15, 0.2) is 60.0 Å². The summed E-state index contributed by atoms with van der Waals surface area (Å²) in [5.74, 6) is -0.0867. The van der Waals surface area contributed by atoms with Gasteiger partial charge in [-0.15, -0.1) is 5.10 Å². The Kier molecular flexibility index (Phi) is 5.17. The van der Waals surface area contributed by atoms with Gasteiger partial charge in [-0.2, -0.15) is 4.68 Å². The van der Waals surface area contributed by atoms with Gasteiger partial charge < -0.3 is 5.32 Å². The Morgan fingerprint density at radius 3 is 2.67 bits per heavy atom. The summed E-state index contributed by atoms with van der Waals surface area (Å²) in [7, 11) is 0. The van der Waals surface area contributed by atoms with Crippen LogP contribution in [0.5, 0.6) is 0 Å². The molecule has 0 aliphatic carbocycles. The molecular weight excluding hydrogens is 324 g/mol. The van der Waals surface area contributed by atoms with Gasteiger partial charge in [0.1, 0.15) is 0 Å². The zero-order chi connectivity index (χ0) is 16.8. The summed E-state index contributed by atoms with van der Waals surface area (Å²) in [5, 5.41) is 15.0. The minimum absolute atomic E-state index is 0.0867. The maximum Gasteiger partial charge on any atom is 0.237 e. The zero-order valence-electron chi connectivity index (χ0n) is 13.0. The molecule has 1 aromatic carbocycles. The number of tetrazole rings is 1. The number of hydrogen-bond donors (Lipinski definition) is 1. The van der Waals surface area contributed by atoms with E-state index < -0.39 is 0 Å². The van der Waals surface area contributed by atoms with Crippen LogP contribution >= 0.6 is 11.8 Å². The van der Waals surface area contributed by atoms with E-state index in [4.69, 9.17) is 0 Å². The summed E-state index contributed by atoms with van der Waals surface area (Å²) in [6.07, 6.45) is 3.93. The van der Waals surface area contributed by atoms with Crippen LogP contribution in [0.2, 0.25) is 0 Å². The second-order valence-corrected chi connectivity index (χ2v) is 6.12. The third-order valence-corrected chi connectivity index (χ3v) is 4.60. The summed E-state index contributed by atoms with van der Waals surface area (Å²) in [6.45, 7) is 1.96. The first-order chi connectivity index (χ1) is 11.8. The van der Waals surface area contributed by atoms with Gasteiger partial charge in [-0.05, 0) is 41.1 Å². The smallest absolute Gasteiger partial charge is 0.237 e. The highest BCUT2D eigenvalue weighted by Crippen LogP contribution is 2.25. The van der Waals surface area contributed by atoms with Crippen molar-refractivity contribution in [2.24, 2.45) is 0 Å². The molecule has 1 N–H and O–H groups in total. The van der Waals surface area contributed by atoms with E-state index >= 15 is 0 Å². The summed E-state index contributed by atoms with van der Waals surface area (Å²) >= 11 is 1.34. The van der Waals surface area contributed by atoms with Crippen LogP contribution in [-0.2, 0) is 4.79 Å². The fourth-order valence-electron chi connectivity index (χ4n) is 2.09. The minimum Gasteiger partial charge on any atom is -0.325 e. The van der Waals surface area contributed by atoms with E-state index in [1.807, 2.05) is 37.3 Å². The normalized spacial score (nSPS) is 11.9. The summed E-state index contributed by atoms with van der Waals surface area (Å²) in [4.78, 5) is 16.4. The van der Waals surface area contributed by atoms with E-state index in [-0.39, 0.29) is 11.2 Å². The third kappa shape index (κ3) is 3.77. The molecule has 7 nitrogen and oxygen atoms in total. The number of hydrogen-bond acceptors (Lipinski definition) is 6. The first-order valence-electron chi connectivity index (χ1n) is 7.49. The minimum atomic E-state index is -0.299.